The second-order valence-corrected chi connectivity index (χ2v) is 6.90. The second-order valence-electron chi connectivity index (χ2n) is 6.90. The molecule has 1 aromatic carbocycles. The van der Waals surface area contributed by atoms with Gasteiger partial charge in [0.2, 0.25) is 5.91 Å². The molecule has 0 spiro atoms. The highest BCUT2D eigenvalue weighted by Crippen LogP contribution is 2.19. The summed E-state index contributed by atoms with van der Waals surface area (Å²) in [6.45, 7) is 2.90. The number of nitrogens with one attached hydrogen (secondary N) is 1. The highest BCUT2D eigenvalue weighted by molar-refractivity contribution is 5.78. The summed E-state index contributed by atoms with van der Waals surface area (Å²) in [4.78, 5) is 14.6. The van der Waals surface area contributed by atoms with Gasteiger partial charge in [-0.3, -0.25) is 14.4 Å². The van der Waals surface area contributed by atoms with E-state index in [1.165, 1.54) is 18.6 Å². The van der Waals surface area contributed by atoms with Crippen molar-refractivity contribution in [3.8, 4) is 0 Å². The molecule has 0 unspecified atom stereocenters. The maximum absolute atomic E-state index is 12.9. The molecule has 1 aliphatic rings. The van der Waals surface area contributed by atoms with Crippen molar-refractivity contribution in [3.63, 3.8) is 0 Å². The molecule has 2 aromatic rings. The van der Waals surface area contributed by atoms with E-state index in [0.717, 1.165) is 44.3 Å². The molecule has 26 heavy (non-hydrogen) atoms. The smallest absolute Gasteiger partial charge is 0.234 e. The number of carbonyl (C=O) groups excluding carboxylic acids is 1. The van der Waals surface area contributed by atoms with Crippen molar-refractivity contribution < 1.29 is 9.18 Å². The van der Waals surface area contributed by atoms with Crippen LogP contribution in [-0.4, -0.2) is 46.3 Å². The highest BCUT2D eigenvalue weighted by Gasteiger charge is 2.24. The number of hydrogen-bond acceptors (Lipinski definition) is 3. The van der Waals surface area contributed by atoms with Gasteiger partial charge in [-0.25, -0.2) is 4.39 Å². The lowest BCUT2D eigenvalue weighted by Gasteiger charge is -2.35. The Morgan fingerprint density at radius 3 is 2.88 bits per heavy atom. The summed E-state index contributed by atoms with van der Waals surface area (Å²) in [5.74, 6) is -0.165. The Balaban J connectivity index is 1.41. The fourth-order valence-electron chi connectivity index (χ4n) is 3.55. The Kier molecular flexibility index (Phi) is 6.77. The van der Waals surface area contributed by atoms with E-state index in [-0.39, 0.29) is 11.7 Å². The van der Waals surface area contributed by atoms with E-state index in [9.17, 15) is 9.18 Å². The predicted octanol–water partition coefficient (Wildman–Crippen LogP) is 2.63. The van der Waals surface area contributed by atoms with Crippen LogP contribution in [-0.2, 0) is 17.8 Å². The van der Waals surface area contributed by atoms with E-state index >= 15 is 0 Å². The Morgan fingerprint density at radius 2 is 2.12 bits per heavy atom. The molecule has 3 rings (SSSR count). The van der Waals surface area contributed by atoms with Gasteiger partial charge in [0.15, 0.2) is 0 Å². The van der Waals surface area contributed by atoms with Gasteiger partial charge in [0, 0.05) is 31.5 Å². The molecule has 1 saturated heterocycles. The lowest BCUT2D eigenvalue weighted by molar-refractivity contribution is -0.123. The van der Waals surface area contributed by atoms with Crippen LogP contribution in [0.15, 0.2) is 42.7 Å². The van der Waals surface area contributed by atoms with Gasteiger partial charge in [0.05, 0.1) is 6.54 Å². The van der Waals surface area contributed by atoms with E-state index in [0.29, 0.717) is 19.1 Å². The first kappa shape index (κ1) is 18.6. The molecule has 0 saturated carbocycles. The first-order valence-electron chi connectivity index (χ1n) is 9.43. The number of amides is 1. The minimum absolute atomic E-state index is 0.0677. The zero-order valence-corrected chi connectivity index (χ0v) is 15.1. The third-order valence-corrected chi connectivity index (χ3v) is 5.00. The van der Waals surface area contributed by atoms with Gasteiger partial charge in [-0.05, 0) is 56.0 Å². The molecule has 140 valence electrons. The molecule has 0 bridgehead atoms. The van der Waals surface area contributed by atoms with Gasteiger partial charge in [0.25, 0.3) is 0 Å². The molecule has 6 heteroatoms. The number of aryl methyl sites for hydroxylation is 1. The Morgan fingerprint density at radius 1 is 1.27 bits per heavy atom. The molecule has 1 N–H and O–H groups in total. The molecule has 1 aliphatic heterocycles. The van der Waals surface area contributed by atoms with Gasteiger partial charge in [-0.15, -0.1) is 0 Å². The van der Waals surface area contributed by atoms with Crippen molar-refractivity contribution in [3.05, 3.63) is 54.1 Å². The van der Waals surface area contributed by atoms with E-state index < -0.39 is 0 Å². The third-order valence-electron chi connectivity index (χ3n) is 5.00. The number of carbonyl (C=O) groups is 1. The molecule has 0 aliphatic carbocycles. The summed E-state index contributed by atoms with van der Waals surface area (Å²) in [6.07, 6.45) is 9.04. The van der Waals surface area contributed by atoms with Crippen LogP contribution in [0.2, 0.25) is 0 Å². The Hall–Kier alpha value is -2.21. The van der Waals surface area contributed by atoms with Crippen LogP contribution in [0.4, 0.5) is 4.39 Å². The van der Waals surface area contributed by atoms with Crippen molar-refractivity contribution in [2.75, 3.05) is 19.6 Å². The first-order chi connectivity index (χ1) is 12.7. The topological polar surface area (TPSA) is 50.2 Å². The van der Waals surface area contributed by atoms with Crippen LogP contribution in [0.25, 0.3) is 0 Å². The van der Waals surface area contributed by atoms with Crippen LogP contribution in [0.5, 0.6) is 0 Å². The Labute approximate surface area is 154 Å². The fourth-order valence-corrected chi connectivity index (χ4v) is 3.55. The summed E-state index contributed by atoms with van der Waals surface area (Å²) in [5.41, 5.74) is 1.03. The minimum atomic E-state index is -0.232. The molecule has 5 nitrogen and oxygen atoms in total. The number of halogens is 1. The van der Waals surface area contributed by atoms with Crippen molar-refractivity contribution >= 4 is 5.91 Å². The van der Waals surface area contributed by atoms with Crippen LogP contribution < -0.4 is 5.32 Å². The molecule has 1 atom stereocenters. The number of rotatable bonds is 8. The standard InChI is InChI=1S/C20H27FN4O/c21-18-7-5-17(6-8-18)9-12-22-20(26)16-24-13-2-1-4-19(24)10-15-25-14-3-11-23-25/h3,5-8,11,14,19H,1-2,4,9-10,12-13,15-16H2,(H,22,26)/t19-/m0/s1. The van der Waals surface area contributed by atoms with Gasteiger partial charge < -0.3 is 5.32 Å². The van der Waals surface area contributed by atoms with Crippen molar-refractivity contribution in [2.45, 2.75) is 44.7 Å². The summed E-state index contributed by atoms with van der Waals surface area (Å²) >= 11 is 0. The molecular weight excluding hydrogens is 331 g/mol. The zero-order valence-electron chi connectivity index (χ0n) is 15.1. The van der Waals surface area contributed by atoms with Gasteiger partial charge >= 0.3 is 0 Å². The van der Waals surface area contributed by atoms with Crippen LogP contribution in [0, 0.1) is 5.82 Å². The average molecular weight is 358 g/mol. The number of aromatic nitrogens is 2. The largest absolute Gasteiger partial charge is 0.355 e. The first-order valence-corrected chi connectivity index (χ1v) is 9.43. The van der Waals surface area contributed by atoms with Gasteiger partial charge in [0.1, 0.15) is 5.82 Å². The van der Waals surface area contributed by atoms with Crippen molar-refractivity contribution in [1.82, 2.24) is 20.0 Å². The number of likely N-dealkylation sites (tertiary alicyclic amines) is 1. The van der Waals surface area contributed by atoms with E-state index in [2.05, 4.69) is 15.3 Å². The van der Waals surface area contributed by atoms with Gasteiger partial charge in [-0.1, -0.05) is 18.6 Å². The number of benzene rings is 1. The molecular formula is C20H27FN4O. The maximum Gasteiger partial charge on any atom is 0.234 e. The van der Waals surface area contributed by atoms with Crippen LogP contribution >= 0.6 is 0 Å². The van der Waals surface area contributed by atoms with Crippen molar-refractivity contribution in [1.29, 1.82) is 0 Å². The lowest BCUT2D eigenvalue weighted by atomic mass is 9.99. The lowest BCUT2D eigenvalue weighted by Crippen LogP contribution is -2.46. The minimum Gasteiger partial charge on any atom is -0.355 e. The van der Waals surface area contributed by atoms with E-state index in [4.69, 9.17) is 0 Å². The van der Waals surface area contributed by atoms with Crippen molar-refractivity contribution in [2.24, 2.45) is 0 Å². The third kappa shape index (κ3) is 5.66. The number of hydrogen-bond donors (Lipinski definition) is 1. The van der Waals surface area contributed by atoms with Crippen LogP contribution in [0.3, 0.4) is 0 Å². The number of piperidine rings is 1. The summed E-state index contributed by atoms with van der Waals surface area (Å²) in [6, 6.07) is 8.81. The van der Waals surface area contributed by atoms with Crippen LogP contribution in [0.1, 0.15) is 31.2 Å². The molecule has 1 aromatic heterocycles. The van der Waals surface area contributed by atoms with Gasteiger partial charge in [-0.2, -0.15) is 5.10 Å². The number of nitrogens with zero attached hydrogens (tertiary/aromatic N) is 3. The summed E-state index contributed by atoms with van der Waals surface area (Å²) < 4.78 is 14.9. The van der Waals surface area contributed by atoms with E-state index in [1.54, 1.807) is 18.3 Å². The molecule has 1 fully saturated rings. The normalized spacial score (nSPS) is 18.0. The SMILES string of the molecule is O=C(CN1CCCC[C@H]1CCn1cccn1)NCCc1ccc(F)cc1. The average Bonchev–Trinajstić information content (AvgIpc) is 3.16. The predicted molar refractivity (Wildman–Crippen MR) is 99.2 cm³/mol. The molecule has 2 heterocycles. The fraction of sp³-hybridized carbons (Fsp3) is 0.500. The summed E-state index contributed by atoms with van der Waals surface area (Å²) in [7, 11) is 0. The second kappa shape index (κ2) is 9.48. The zero-order chi connectivity index (χ0) is 18.2. The highest BCUT2D eigenvalue weighted by atomic mass is 19.1. The van der Waals surface area contributed by atoms with E-state index in [1.807, 2.05) is 16.9 Å². The summed E-state index contributed by atoms with van der Waals surface area (Å²) in [5, 5.41) is 7.25. The Bertz CT molecular complexity index is 672. The molecule has 0 radical (unpaired) electrons. The maximum atomic E-state index is 12.9. The quantitative estimate of drug-likeness (QED) is 0.789. The monoisotopic (exact) mass is 358 g/mol. The molecule has 1 amide bonds.